The van der Waals surface area contributed by atoms with E-state index in [1.807, 2.05) is 36.4 Å². The molecule has 1 amide bonds. The Bertz CT molecular complexity index is 579. The predicted molar refractivity (Wildman–Crippen MR) is 71.1 cm³/mol. The highest BCUT2D eigenvalue weighted by Crippen LogP contribution is 2.26. The van der Waals surface area contributed by atoms with Gasteiger partial charge in [-0.2, -0.15) is 5.10 Å². The predicted octanol–water partition coefficient (Wildman–Crippen LogP) is 1.22. The summed E-state index contributed by atoms with van der Waals surface area (Å²) in [5, 5.41) is 13.5. The number of rotatable bonds is 3. The van der Waals surface area contributed by atoms with Gasteiger partial charge in [-0.15, -0.1) is 0 Å². The zero-order valence-electron chi connectivity index (χ0n) is 10.4. The Morgan fingerprint density at radius 2 is 2.05 bits per heavy atom. The van der Waals surface area contributed by atoms with Crippen molar-refractivity contribution in [2.45, 2.75) is 6.42 Å². The number of nitrogens with zero attached hydrogens (tertiary/aromatic N) is 3. The van der Waals surface area contributed by atoms with Crippen molar-refractivity contribution in [3.63, 3.8) is 0 Å². The summed E-state index contributed by atoms with van der Waals surface area (Å²) in [6.45, 7) is 0.593. The first-order chi connectivity index (χ1) is 9.29. The number of anilines is 1. The van der Waals surface area contributed by atoms with Gasteiger partial charge in [0.15, 0.2) is 0 Å². The Morgan fingerprint density at radius 3 is 2.74 bits per heavy atom. The first kappa shape index (κ1) is 11.9. The molecule has 3 rings (SSSR count). The lowest BCUT2D eigenvalue weighted by molar-refractivity contribution is -0.117. The maximum absolute atomic E-state index is 12.0. The molecule has 2 aromatic rings. The molecule has 2 heterocycles. The Balaban J connectivity index is 1.95. The minimum Gasteiger partial charge on any atom is -0.396 e. The van der Waals surface area contributed by atoms with Crippen LogP contribution in [0, 0.1) is 5.92 Å². The van der Waals surface area contributed by atoms with Gasteiger partial charge in [0.1, 0.15) is 5.82 Å². The lowest BCUT2D eigenvalue weighted by atomic mass is 10.1. The maximum Gasteiger partial charge on any atom is 0.228 e. The van der Waals surface area contributed by atoms with Crippen molar-refractivity contribution in [1.29, 1.82) is 0 Å². The zero-order chi connectivity index (χ0) is 13.2. The zero-order valence-corrected chi connectivity index (χ0v) is 10.4. The molecular weight excluding hydrogens is 242 g/mol. The van der Waals surface area contributed by atoms with E-state index in [0.29, 0.717) is 13.0 Å². The second-order valence-corrected chi connectivity index (χ2v) is 4.69. The molecule has 1 saturated heterocycles. The summed E-state index contributed by atoms with van der Waals surface area (Å²) in [7, 11) is 0. The second kappa shape index (κ2) is 4.85. The van der Waals surface area contributed by atoms with Crippen LogP contribution in [0.15, 0.2) is 42.6 Å². The molecule has 0 saturated carbocycles. The first-order valence-electron chi connectivity index (χ1n) is 6.30. The van der Waals surface area contributed by atoms with Crippen LogP contribution in [0.2, 0.25) is 0 Å². The van der Waals surface area contributed by atoms with Crippen LogP contribution in [0.5, 0.6) is 0 Å². The number of carbonyl (C=O) groups is 1. The van der Waals surface area contributed by atoms with Crippen LogP contribution in [-0.2, 0) is 4.79 Å². The van der Waals surface area contributed by atoms with Gasteiger partial charge < -0.3 is 5.11 Å². The van der Waals surface area contributed by atoms with Crippen molar-refractivity contribution >= 4 is 11.7 Å². The molecule has 5 heteroatoms. The maximum atomic E-state index is 12.0. The minimum atomic E-state index is 0.0200. The molecule has 98 valence electrons. The molecule has 0 spiro atoms. The van der Waals surface area contributed by atoms with Crippen molar-refractivity contribution in [3.8, 4) is 5.69 Å². The van der Waals surface area contributed by atoms with Gasteiger partial charge in [-0.1, -0.05) is 18.2 Å². The van der Waals surface area contributed by atoms with E-state index >= 15 is 0 Å². The van der Waals surface area contributed by atoms with Crippen molar-refractivity contribution < 1.29 is 9.90 Å². The lowest BCUT2D eigenvalue weighted by Gasteiger charge is -2.17. The summed E-state index contributed by atoms with van der Waals surface area (Å²) >= 11 is 0. The highest BCUT2D eigenvalue weighted by molar-refractivity contribution is 5.95. The fourth-order valence-corrected chi connectivity index (χ4v) is 2.39. The fourth-order valence-electron chi connectivity index (χ4n) is 2.39. The quantitative estimate of drug-likeness (QED) is 0.899. The number of hydrogen-bond donors (Lipinski definition) is 1. The van der Waals surface area contributed by atoms with Gasteiger partial charge in [-0.05, 0) is 12.1 Å². The average Bonchev–Trinajstić information content (AvgIpc) is 3.05. The van der Waals surface area contributed by atoms with Crippen LogP contribution in [-0.4, -0.2) is 33.9 Å². The Kier molecular flexibility index (Phi) is 3.05. The van der Waals surface area contributed by atoms with Crippen molar-refractivity contribution in [3.05, 3.63) is 42.6 Å². The second-order valence-electron chi connectivity index (χ2n) is 4.69. The molecular formula is C14H15N3O2. The first-order valence-corrected chi connectivity index (χ1v) is 6.30. The van der Waals surface area contributed by atoms with Crippen LogP contribution in [0.25, 0.3) is 5.69 Å². The van der Waals surface area contributed by atoms with Crippen LogP contribution in [0.3, 0.4) is 0 Å². The topological polar surface area (TPSA) is 58.4 Å². The van der Waals surface area contributed by atoms with E-state index in [2.05, 4.69) is 5.10 Å². The molecule has 19 heavy (non-hydrogen) atoms. The number of aliphatic hydroxyl groups is 1. The van der Waals surface area contributed by atoms with E-state index in [-0.39, 0.29) is 18.4 Å². The van der Waals surface area contributed by atoms with Gasteiger partial charge in [0, 0.05) is 31.6 Å². The normalized spacial score (nSPS) is 19.1. The summed E-state index contributed by atoms with van der Waals surface area (Å²) in [4.78, 5) is 13.7. The molecule has 1 aromatic heterocycles. The number of aromatic nitrogens is 2. The Hall–Kier alpha value is -2.14. The summed E-state index contributed by atoms with van der Waals surface area (Å²) in [6, 6.07) is 11.5. The van der Waals surface area contributed by atoms with Gasteiger partial charge in [0.25, 0.3) is 0 Å². The van der Waals surface area contributed by atoms with Crippen LogP contribution >= 0.6 is 0 Å². The number of hydrogen-bond acceptors (Lipinski definition) is 3. The van der Waals surface area contributed by atoms with E-state index in [4.69, 9.17) is 0 Å². The molecule has 0 aliphatic carbocycles. The molecule has 0 radical (unpaired) electrons. The molecule has 1 unspecified atom stereocenters. The van der Waals surface area contributed by atoms with Gasteiger partial charge in [-0.25, -0.2) is 4.68 Å². The average molecular weight is 257 g/mol. The summed E-state index contributed by atoms with van der Waals surface area (Å²) in [5.74, 6) is 0.815. The molecule has 0 bridgehead atoms. The number of aliphatic hydroxyl groups excluding tert-OH is 1. The summed E-state index contributed by atoms with van der Waals surface area (Å²) in [5.41, 5.74) is 0.919. The SMILES string of the molecule is O=C1CC(CO)CN1c1ccnn1-c1ccccc1. The minimum absolute atomic E-state index is 0.0200. The smallest absolute Gasteiger partial charge is 0.228 e. The molecule has 1 aliphatic heterocycles. The highest BCUT2D eigenvalue weighted by atomic mass is 16.3. The van der Waals surface area contributed by atoms with E-state index in [0.717, 1.165) is 11.5 Å². The summed E-state index contributed by atoms with van der Waals surface area (Å²) in [6.07, 6.45) is 2.08. The molecule has 1 N–H and O–H groups in total. The van der Waals surface area contributed by atoms with Crippen molar-refractivity contribution in [2.75, 3.05) is 18.1 Å². The van der Waals surface area contributed by atoms with Crippen molar-refractivity contribution in [2.24, 2.45) is 5.92 Å². The highest BCUT2D eigenvalue weighted by Gasteiger charge is 2.31. The van der Waals surface area contributed by atoms with Gasteiger partial charge in [0.05, 0.1) is 11.9 Å². The third-order valence-electron chi connectivity index (χ3n) is 3.36. The van der Waals surface area contributed by atoms with Crippen LogP contribution in [0.1, 0.15) is 6.42 Å². The van der Waals surface area contributed by atoms with Crippen LogP contribution < -0.4 is 4.90 Å². The van der Waals surface area contributed by atoms with Crippen LogP contribution in [0.4, 0.5) is 5.82 Å². The largest absolute Gasteiger partial charge is 0.396 e. The van der Waals surface area contributed by atoms with E-state index in [1.165, 1.54) is 0 Å². The number of benzene rings is 1. The third kappa shape index (κ3) is 2.13. The molecule has 1 aliphatic rings. The molecule has 1 aromatic carbocycles. The number of amides is 1. The standard InChI is InChI=1S/C14H15N3O2/c18-10-11-8-14(19)16(9-11)13-6-7-15-17(13)12-4-2-1-3-5-12/h1-7,11,18H,8-10H2. The monoisotopic (exact) mass is 257 g/mol. The van der Waals surface area contributed by atoms with Crippen molar-refractivity contribution in [1.82, 2.24) is 9.78 Å². The Labute approximate surface area is 111 Å². The molecule has 1 atom stereocenters. The summed E-state index contributed by atoms with van der Waals surface area (Å²) < 4.78 is 1.75. The fraction of sp³-hybridized carbons (Fsp3) is 0.286. The van der Waals surface area contributed by atoms with Gasteiger partial charge in [-0.3, -0.25) is 9.69 Å². The van der Waals surface area contributed by atoms with Gasteiger partial charge in [0.2, 0.25) is 5.91 Å². The number of para-hydroxylation sites is 1. The van der Waals surface area contributed by atoms with E-state index in [1.54, 1.807) is 15.8 Å². The molecule has 5 nitrogen and oxygen atoms in total. The van der Waals surface area contributed by atoms with E-state index < -0.39 is 0 Å². The van der Waals surface area contributed by atoms with E-state index in [9.17, 15) is 9.90 Å². The Morgan fingerprint density at radius 1 is 1.26 bits per heavy atom. The van der Waals surface area contributed by atoms with Gasteiger partial charge >= 0.3 is 0 Å². The third-order valence-corrected chi connectivity index (χ3v) is 3.36. The molecule has 1 fully saturated rings. The lowest BCUT2D eigenvalue weighted by Crippen LogP contribution is -2.27. The number of carbonyl (C=O) groups excluding carboxylic acids is 1.